The summed E-state index contributed by atoms with van der Waals surface area (Å²) < 4.78 is 0.949. The third kappa shape index (κ3) is 4.41. The second-order valence-corrected chi connectivity index (χ2v) is 4.85. The average molecular weight is 295 g/mol. The van der Waals surface area contributed by atoms with Gasteiger partial charge in [0, 0.05) is 16.1 Å². The quantitative estimate of drug-likeness (QED) is 0.894. The summed E-state index contributed by atoms with van der Waals surface area (Å²) in [7, 11) is 0. The van der Waals surface area contributed by atoms with Crippen LogP contribution in [-0.2, 0) is 0 Å². The smallest absolute Gasteiger partial charge is 0.120 e. The van der Waals surface area contributed by atoms with Crippen LogP contribution in [0.2, 0.25) is 0 Å². The van der Waals surface area contributed by atoms with E-state index in [0.717, 1.165) is 16.5 Å². The molecule has 1 aromatic rings. The first-order valence-corrected chi connectivity index (χ1v) is 5.54. The standard InChI is InChI=1S/C11H16BrNO.ClH/c1-7(2)5-10(13)9-6-8(12)3-4-11(9)14;/h3-4,6-7,10,14H,5,13H2,1-2H3;1H/t10-;/m0./s1. The van der Waals surface area contributed by atoms with E-state index in [-0.39, 0.29) is 24.2 Å². The second kappa shape index (κ2) is 6.36. The number of aromatic hydroxyl groups is 1. The van der Waals surface area contributed by atoms with E-state index in [2.05, 4.69) is 29.8 Å². The Morgan fingerprint density at radius 2 is 2.00 bits per heavy atom. The molecular weight excluding hydrogens is 277 g/mol. The minimum Gasteiger partial charge on any atom is -0.508 e. The topological polar surface area (TPSA) is 46.2 Å². The Labute approximate surface area is 105 Å². The zero-order chi connectivity index (χ0) is 10.7. The second-order valence-electron chi connectivity index (χ2n) is 3.94. The van der Waals surface area contributed by atoms with E-state index in [1.54, 1.807) is 12.1 Å². The number of rotatable bonds is 3. The maximum atomic E-state index is 9.62. The predicted molar refractivity (Wildman–Crippen MR) is 69.4 cm³/mol. The highest BCUT2D eigenvalue weighted by Gasteiger charge is 2.12. The van der Waals surface area contributed by atoms with Crippen molar-refractivity contribution in [2.24, 2.45) is 11.7 Å². The SMILES string of the molecule is CC(C)C[C@H](N)c1cc(Br)ccc1O.Cl. The monoisotopic (exact) mass is 293 g/mol. The lowest BCUT2D eigenvalue weighted by Gasteiger charge is -2.15. The fraction of sp³-hybridized carbons (Fsp3) is 0.455. The molecule has 0 saturated heterocycles. The third-order valence-electron chi connectivity index (χ3n) is 2.11. The van der Waals surface area contributed by atoms with Crippen molar-refractivity contribution in [2.45, 2.75) is 26.3 Å². The van der Waals surface area contributed by atoms with Gasteiger partial charge >= 0.3 is 0 Å². The Hall–Kier alpha value is -0.250. The molecule has 0 aliphatic carbocycles. The summed E-state index contributed by atoms with van der Waals surface area (Å²) >= 11 is 3.36. The average Bonchev–Trinajstić information content (AvgIpc) is 2.08. The Bertz CT molecular complexity index is 317. The Morgan fingerprint density at radius 3 is 2.53 bits per heavy atom. The molecule has 0 aromatic heterocycles. The molecule has 0 fully saturated rings. The van der Waals surface area contributed by atoms with Gasteiger partial charge in [0.05, 0.1) is 0 Å². The van der Waals surface area contributed by atoms with Gasteiger partial charge in [-0.05, 0) is 30.5 Å². The number of phenols is 1. The van der Waals surface area contributed by atoms with E-state index in [4.69, 9.17) is 5.73 Å². The van der Waals surface area contributed by atoms with Crippen molar-refractivity contribution in [3.8, 4) is 5.75 Å². The molecule has 0 saturated carbocycles. The summed E-state index contributed by atoms with van der Waals surface area (Å²) in [6, 6.07) is 5.26. The Kier molecular flexibility index (Phi) is 6.25. The number of hydrogen-bond acceptors (Lipinski definition) is 2. The summed E-state index contributed by atoms with van der Waals surface area (Å²) in [5, 5.41) is 9.62. The van der Waals surface area contributed by atoms with Crippen LogP contribution in [-0.4, -0.2) is 5.11 Å². The Balaban J connectivity index is 0.00000196. The van der Waals surface area contributed by atoms with Gasteiger partial charge in [0.2, 0.25) is 0 Å². The normalized spacial score (nSPS) is 12.3. The van der Waals surface area contributed by atoms with Gasteiger partial charge in [0.15, 0.2) is 0 Å². The van der Waals surface area contributed by atoms with Crippen LogP contribution in [0.4, 0.5) is 0 Å². The molecule has 4 heteroatoms. The highest BCUT2D eigenvalue weighted by molar-refractivity contribution is 9.10. The van der Waals surface area contributed by atoms with Crippen LogP contribution in [0.3, 0.4) is 0 Å². The fourth-order valence-electron chi connectivity index (χ4n) is 1.46. The minimum absolute atomic E-state index is 0. The van der Waals surface area contributed by atoms with Crippen molar-refractivity contribution in [3.05, 3.63) is 28.2 Å². The molecule has 0 aliphatic heterocycles. The first-order valence-electron chi connectivity index (χ1n) is 4.74. The number of phenolic OH excluding ortho intramolecular Hbond substituents is 1. The molecule has 1 atom stereocenters. The van der Waals surface area contributed by atoms with Crippen molar-refractivity contribution in [1.29, 1.82) is 0 Å². The zero-order valence-corrected chi connectivity index (χ0v) is 11.3. The lowest BCUT2D eigenvalue weighted by Crippen LogP contribution is -2.13. The van der Waals surface area contributed by atoms with Gasteiger partial charge in [-0.2, -0.15) is 0 Å². The van der Waals surface area contributed by atoms with E-state index < -0.39 is 0 Å². The molecule has 0 unspecified atom stereocenters. The molecule has 1 rings (SSSR count). The van der Waals surface area contributed by atoms with E-state index in [9.17, 15) is 5.11 Å². The van der Waals surface area contributed by atoms with Crippen LogP contribution < -0.4 is 5.73 Å². The fourth-order valence-corrected chi connectivity index (χ4v) is 1.84. The minimum atomic E-state index is -0.0903. The number of halogens is 2. The molecule has 1 aromatic carbocycles. The van der Waals surface area contributed by atoms with Gasteiger partial charge in [-0.25, -0.2) is 0 Å². The molecule has 3 N–H and O–H groups in total. The number of nitrogens with two attached hydrogens (primary N) is 1. The van der Waals surface area contributed by atoms with Crippen LogP contribution in [0.25, 0.3) is 0 Å². The molecule has 0 spiro atoms. The first kappa shape index (κ1) is 14.8. The van der Waals surface area contributed by atoms with Gasteiger partial charge in [0.25, 0.3) is 0 Å². The molecule has 15 heavy (non-hydrogen) atoms. The third-order valence-corrected chi connectivity index (χ3v) is 2.61. The predicted octanol–water partition coefficient (Wildman–Crippen LogP) is 3.62. The molecule has 0 amide bonds. The zero-order valence-electron chi connectivity index (χ0n) is 8.90. The van der Waals surface area contributed by atoms with Gasteiger partial charge in [-0.3, -0.25) is 0 Å². The van der Waals surface area contributed by atoms with Gasteiger partial charge in [-0.1, -0.05) is 29.8 Å². The molecule has 2 nitrogen and oxygen atoms in total. The van der Waals surface area contributed by atoms with Crippen LogP contribution >= 0.6 is 28.3 Å². The molecule has 86 valence electrons. The van der Waals surface area contributed by atoms with E-state index in [1.807, 2.05) is 6.07 Å². The summed E-state index contributed by atoms with van der Waals surface area (Å²) in [6.07, 6.45) is 0.879. The maximum absolute atomic E-state index is 9.62. The molecule has 0 aliphatic rings. The van der Waals surface area contributed by atoms with Crippen molar-refractivity contribution in [2.75, 3.05) is 0 Å². The molecule has 0 bridgehead atoms. The highest BCUT2D eigenvalue weighted by Crippen LogP contribution is 2.29. The van der Waals surface area contributed by atoms with E-state index >= 15 is 0 Å². The van der Waals surface area contributed by atoms with Crippen molar-refractivity contribution in [1.82, 2.24) is 0 Å². The number of benzene rings is 1. The molecular formula is C11H17BrClNO. The summed E-state index contributed by atoms with van der Waals surface area (Å²) in [6.45, 7) is 4.24. The molecule has 0 heterocycles. The lowest BCUT2D eigenvalue weighted by atomic mass is 9.97. The van der Waals surface area contributed by atoms with Crippen LogP contribution in [0.15, 0.2) is 22.7 Å². The van der Waals surface area contributed by atoms with Gasteiger partial charge < -0.3 is 10.8 Å². The van der Waals surface area contributed by atoms with Gasteiger partial charge in [0.1, 0.15) is 5.75 Å². The summed E-state index contributed by atoms with van der Waals surface area (Å²) in [5.74, 6) is 0.810. The van der Waals surface area contributed by atoms with E-state index in [1.165, 1.54) is 0 Å². The van der Waals surface area contributed by atoms with Crippen LogP contribution in [0.5, 0.6) is 5.75 Å². The lowest BCUT2D eigenvalue weighted by molar-refractivity contribution is 0.445. The van der Waals surface area contributed by atoms with Crippen molar-refractivity contribution < 1.29 is 5.11 Å². The first-order chi connectivity index (χ1) is 6.50. The van der Waals surface area contributed by atoms with Crippen LogP contribution in [0.1, 0.15) is 31.9 Å². The largest absolute Gasteiger partial charge is 0.508 e. The van der Waals surface area contributed by atoms with Crippen LogP contribution in [0, 0.1) is 5.92 Å². The van der Waals surface area contributed by atoms with E-state index in [0.29, 0.717) is 5.92 Å². The summed E-state index contributed by atoms with van der Waals surface area (Å²) in [5.41, 5.74) is 6.80. The number of hydrogen-bond donors (Lipinski definition) is 2. The highest BCUT2D eigenvalue weighted by atomic mass is 79.9. The Morgan fingerprint density at radius 1 is 1.40 bits per heavy atom. The summed E-state index contributed by atoms with van der Waals surface area (Å²) in [4.78, 5) is 0. The maximum Gasteiger partial charge on any atom is 0.120 e. The molecule has 0 radical (unpaired) electrons. The van der Waals surface area contributed by atoms with Crippen molar-refractivity contribution >= 4 is 28.3 Å². The van der Waals surface area contributed by atoms with Gasteiger partial charge in [-0.15, -0.1) is 12.4 Å². The van der Waals surface area contributed by atoms with Crippen molar-refractivity contribution in [3.63, 3.8) is 0 Å².